The van der Waals surface area contributed by atoms with Crippen molar-refractivity contribution in [2.75, 3.05) is 31.1 Å². The van der Waals surface area contributed by atoms with E-state index in [-0.39, 0.29) is 11.8 Å². The fourth-order valence-electron chi connectivity index (χ4n) is 2.24. The van der Waals surface area contributed by atoms with Gasteiger partial charge in [-0.05, 0) is 12.1 Å². The van der Waals surface area contributed by atoms with Crippen molar-refractivity contribution >= 4 is 11.7 Å². The van der Waals surface area contributed by atoms with E-state index in [9.17, 15) is 4.79 Å². The number of carbonyl (C=O) groups excluding carboxylic acids is 1. The first-order chi connectivity index (χ1) is 9.13. The Bertz CT molecular complexity index is 498. The summed E-state index contributed by atoms with van der Waals surface area (Å²) in [6.45, 7) is 6.67. The molecule has 1 amide bonds. The fraction of sp³-hybridized carbons (Fsp3) is 0.500. The molecular weight excluding hydrogens is 240 g/mol. The van der Waals surface area contributed by atoms with Crippen LogP contribution in [0, 0.1) is 17.2 Å². The van der Waals surface area contributed by atoms with Gasteiger partial charge in [0, 0.05) is 38.3 Å². The lowest BCUT2D eigenvalue weighted by atomic mass is 10.1. The Hall–Kier alpha value is -2.09. The lowest BCUT2D eigenvalue weighted by Crippen LogP contribution is -2.50. The fourth-order valence-corrected chi connectivity index (χ4v) is 2.24. The zero-order valence-corrected chi connectivity index (χ0v) is 11.3. The minimum atomic E-state index is 0.0380. The highest BCUT2D eigenvalue weighted by molar-refractivity contribution is 5.78. The molecule has 1 aliphatic heterocycles. The van der Waals surface area contributed by atoms with Gasteiger partial charge in [-0.3, -0.25) is 4.79 Å². The standard InChI is InChI=1S/C14H18N4O/c1-11(2)14(19)18-8-6-17(7-9-18)13-12(10-15)4-3-5-16-13/h3-5,11H,6-9H2,1-2H3. The number of hydrogen-bond donors (Lipinski definition) is 0. The lowest BCUT2D eigenvalue weighted by molar-refractivity contribution is -0.134. The van der Waals surface area contributed by atoms with Gasteiger partial charge in [-0.1, -0.05) is 13.8 Å². The van der Waals surface area contributed by atoms with E-state index in [1.54, 1.807) is 18.3 Å². The molecule has 0 radical (unpaired) electrons. The molecule has 0 spiro atoms. The normalized spacial score (nSPS) is 15.5. The molecule has 1 fully saturated rings. The molecule has 2 rings (SSSR count). The first kappa shape index (κ1) is 13.3. The molecule has 0 aromatic carbocycles. The average molecular weight is 258 g/mol. The van der Waals surface area contributed by atoms with Crippen LogP contribution < -0.4 is 4.90 Å². The van der Waals surface area contributed by atoms with Crippen LogP contribution in [0.2, 0.25) is 0 Å². The molecule has 0 atom stereocenters. The Morgan fingerprint density at radius 2 is 2.05 bits per heavy atom. The van der Waals surface area contributed by atoms with Crippen LogP contribution >= 0.6 is 0 Å². The summed E-state index contributed by atoms with van der Waals surface area (Å²) in [4.78, 5) is 20.1. The SMILES string of the molecule is CC(C)C(=O)N1CCN(c2ncccc2C#N)CC1. The summed E-state index contributed by atoms with van der Waals surface area (Å²) in [7, 11) is 0. The van der Waals surface area contributed by atoms with Crippen LogP contribution in [0.5, 0.6) is 0 Å². The third-order valence-electron chi connectivity index (χ3n) is 3.29. The van der Waals surface area contributed by atoms with E-state index in [0.717, 1.165) is 18.9 Å². The maximum absolute atomic E-state index is 11.9. The highest BCUT2D eigenvalue weighted by Gasteiger charge is 2.24. The lowest BCUT2D eigenvalue weighted by Gasteiger charge is -2.36. The minimum absolute atomic E-state index is 0.0380. The van der Waals surface area contributed by atoms with Gasteiger partial charge in [-0.15, -0.1) is 0 Å². The molecule has 1 aliphatic rings. The summed E-state index contributed by atoms with van der Waals surface area (Å²) in [5.41, 5.74) is 0.589. The largest absolute Gasteiger partial charge is 0.352 e. The van der Waals surface area contributed by atoms with E-state index in [0.29, 0.717) is 18.7 Å². The first-order valence-electron chi connectivity index (χ1n) is 6.52. The second-order valence-corrected chi connectivity index (χ2v) is 4.95. The Balaban J connectivity index is 2.04. The molecule has 5 nitrogen and oxygen atoms in total. The Morgan fingerprint density at radius 3 is 2.63 bits per heavy atom. The monoisotopic (exact) mass is 258 g/mol. The number of nitrogens with zero attached hydrogens (tertiary/aromatic N) is 4. The van der Waals surface area contributed by atoms with Crippen LogP contribution in [0.15, 0.2) is 18.3 Å². The molecular formula is C14H18N4O. The highest BCUT2D eigenvalue weighted by Crippen LogP contribution is 2.18. The molecule has 0 N–H and O–H groups in total. The zero-order valence-electron chi connectivity index (χ0n) is 11.3. The quantitative estimate of drug-likeness (QED) is 0.801. The van der Waals surface area contributed by atoms with Crippen LogP contribution in [0.4, 0.5) is 5.82 Å². The van der Waals surface area contributed by atoms with Crippen LogP contribution in [-0.2, 0) is 4.79 Å². The number of carbonyl (C=O) groups is 1. The predicted molar refractivity (Wildman–Crippen MR) is 72.6 cm³/mol. The average Bonchev–Trinajstić information content (AvgIpc) is 2.46. The van der Waals surface area contributed by atoms with Gasteiger partial charge in [-0.2, -0.15) is 5.26 Å². The predicted octanol–water partition coefficient (Wildman–Crippen LogP) is 1.26. The molecule has 19 heavy (non-hydrogen) atoms. The molecule has 0 unspecified atom stereocenters. The van der Waals surface area contributed by atoms with Crippen molar-refractivity contribution in [1.29, 1.82) is 5.26 Å². The highest BCUT2D eigenvalue weighted by atomic mass is 16.2. The number of anilines is 1. The van der Waals surface area contributed by atoms with E-state index < -0.39 is 0 Å². The summed E-state index contributed by atoms with van der Waals surface area (Å²) in [5.74, 6) is 0.957. The minimum Gasteiger partial charge on any atom is -0.352 e. The van der Waals surface area contributed by atoms with Crippen LogP contribution in [0.3, 0.4) is 0 Å². The number of amides is 1. The van der Waals surface area contributed by atoms with Gasteiger partial charge in [0.25, 0.3) is 0 Å². The summed E-state index contributed by atoms with van der Waals surface area (Å²) in [6.07, 6.45) is 1.70. The maximum Gasteiger partial charge on any atom is 0.225 e. The Morgan fingerprint density at radius 1 is 1.37 bits per heavy atom. The Kier molecular flexibility index (Phi) is 4.00. The van der Waals surface area contributed by atoms with Gasteiger partial charge >= 0.3 is 0 Å². The second-order valence-electron chi connectivity index (χ2n) is 4.95. The van der Waals surface area contributed by atoms with Crippen LogP contribution in [-0.4, -0.2) is 42.0 Å². The topological polar surface area (TPSA) is 60.2 Å². The number of rotatable bonds is 2. The van der Waals surface area contributed by atoms with Gasteiger partial charge in [0.1, 0.15) is 11.9 Å². The van der Waals surface area contributed by atoms with Crippen molar-refractivity contribution in [3.8, 4) is 6.07 Å². The van der Waals surface area contributed by atoms with Crippen LogP contribution in [0.25, 0.3) is 0 Å². The van der Waals surface area contributed by atoms with Crippen molar-refractivity contribution in [1.82, 2.24) is 9.88 Å². The van der Waals surface area contributed by atoms with Crippen LogP contribution in [0.1, 0.15) is 19.4 Å². The zero-order chi connectivity index (χ0) is 13.8. The number of hydrogen-bond acceptors (Lipinski definition) is 4. The van der Waals surface area contributed by atoms with Gasteiger partial charge in [-0.25, -0.2) is 4.98 Å². The molecule has 1 saturated heterocycles. The second kappa shape index (κ2) is 5.70. The molecule has 2 heterocycles. The van der Waals surface area contributed by atoms with E-state index in [1.807, 2.05) is 18.7 Å². The third-order valence-corrected chi connectivity index (χ3v) is 3.29. The smallest absolute Gasteiger partial charge is 0.225 e. The third kappa shape index (κ3) is 2.84. The summed E-state index contributed by atoms with van der Waals surface area (Å²) in [6, 6.07) is 5.70. The molecule has 0 bridgehead atoms. The molecule has 5 heteroatoms. The number of piperazine rings is 1. The van der Waals surface area contributed by atoms with E-state index in [2.05, 4.69) is 16.0 Å². The van der Waals surface area contributed by atoms with Crippen molar-refractivity contribution in [2.24, 2.45) is 5.92 Å². The van der Waals surface area contributed by atoms with Crippen molar-refractivity contribution in [3.63, 3.8) is 0 Å². The van der Waals surface area contributed by atoms with Gasteiger partial charge in [0.2, 0.25) is 5.91 Å². The molecule has 0 saturated carbocycles. The summed E-state index contributed by atoms with van der Waals surface area (Å²) < 4.78 is 0. The molecule has 0 aliphatic carbocycles. The number of nitriles is 1. The van der Waals surface area contributed by atoms with Crippen molar-refractivity contribution in [2.45, 2.75) is 13.8 Å². The van der Waals surface area contributed by atoms with E-state index >= 15 is 0 Å². The Labute approximate surface area is 113 Å². The summed E-state index contributed by atoms with van der Waals surface area (Å²) >= 11 is 0. The van der Waals surface area contributed by atoms with Gasteiger partial charge in [0.15, 0.2) is 0 Å². The number of aromatic nitrogens is 1. The van der Waals surface area contributed by atoms with Gasteiger partial charge in [0.05, 0.1) is 5.56 Å². The van der Waals surface area contributed by atoms with E-state index in [1.165, 1.54) is 0 Å². The van der Waals surface area contributed by atoms with Crippen molar-refractivity contribution < 1.29 is 4.79 Å². The first-order valence-corrected chi connectivity index (χ1v) is 6.52. The molecule has 1 aromatic rings. The van der Waals surface area contributed by atoms with Gasteiger partial charge < -0.3 is 9.80 Å². The maximum atomic E-state index is 11.9. The van der Waals surface area contributed by atoms with Crippen molar-refractivity contribution in [3.05, 3.63) is 23.9 Å². The van der Waals surface area contributed by atoms with E-state index in [4.69, 9.17) is 5.26 Å². The molecule has 1 aromatic heterocycles. The summed E-state index contributed by atoms with van der Waals surface area (Å²) in [5, 5.41) is 9.08. The number of pyridine rings is 1. The molecule has 100 valence electrons.